The van der Waals surface area contributed by atoms with Crippen molar-refractivity contribution in [3.63, 3.8) is 0 Å². The molecule has 0 radical (unpaired) electrons. The molecule has 0 fully saturated rings. The highest BCUT2D eigenvalue weighted by molar-refractivity contribution is 5.96. The molecule has 0 aliphatic heterocycles. The Morgan fingerprint density at radius 2 is 1.72 bits per heavy atom. The van der Waals surface area contributed by atoms with Crippen LogP contribution in [0.4, 0.5) is 28.7 Å². The summed E-state index contributed by atoms with van der Waals surface area (Å²) in [6, 6.07) is 14.0. The number of anilines is 4. The summed E-state index contributed by atoms with van der Waals surface area (Å²) in [6.45, 7) is 2.04. The Morgan fingerprint density at radius 3 is 2.34 bits per heavy atom. The minimum absolute atomic E-state index is 0.0345. The highest BCUT2D eigenvalue weighted by Crippen LogP contribution is 2.33. The molecular formula is C20H19N5O4. The second kappa shape index (κ2) is 8.79. The second-order valence-electron chi connectivity index (χ2n) is 6.01. The van der Waals surface area contributed by atoms with Crippen LogP contribution >= 0.6 is 0 Å². The molecule has 0 saturated heterocycles. The quantitative estimate of drug-likeness (QED) is 0.348. The number of hydrogen-bond donors (Lipinski definition) is 2. The Morgan fingerprint density at radius 1 is 1.07 bits per heavy atom. The number of carbonyl (C=O) groups excluding carboxylic acids is 1. The first-order valence-electron chi connectivity index (χ1n) is 8.83. The van der Waals surface area contributed by atoms with Crippen molar-refractivity contribution in [1.82, 2.24) is 9.97 Å². The highest BCUT2D eigenvalue weighted by Gasteiger charge is 2.24. The van der Waals surface area contributed by atoms with Crippen molar-refractivity contribution in [3.05, 3.63) is 76.1 Å². The number of hydrogen-bond acceptors (Lipinski definition) is 8. The predicted octanol–water partition coefficient (Wildman–Crippen LogP) is 4.22. The van der Waals surface area contributed by atoms with Crippen LogP contribution in [0, 0.1) is 10.1 Å². The topological polar surface area (TPSA) is 119 Å². The molecule has 0 atom stereocenters. The third-order valence-corrected chi connectivity index (χ3v) is 4.22. The van der Waals surface area contributed by atoms with Crippen molar-refractivity contribution in [1.29, 1.82) is 0 Å². The fraction of sp³-hybridized carbons (Fsp3) is 0.150. The zero-order valence-corrected chi connectivity index (χ0v) is 15.9. The summed E-state index contributed by atoms with van der Waals surface area (Å²) in [5.74, 6) is -0.583. The van der Waals surface area contributed by atoms with Crippen LogP contribution in [0.1, 0.15) is 22.8 Å². The number of nitrogens with zero attached hydrogens (tertiary/aromatic N) is 3. The van der Waals surface area contributed by atoms with Crippen molar-refractivity contribution in [2.75, 3.05) is 17.7 Å². The van der Waals surface area contributed by atoms with Gasteiger partial charge in [-0.3, -0.25) is 10.1 Å². The number of aromatic nitrogens is 2. The summed E-state index contributed by atoms with van der Waals surface area (Å²) in [5.41, 5.74) is 2.03. The molecule has 3 rings (SSSR count). The number of benzene rings is 2. The summed E-state index contributed by atoms with van der Waals surface area (Å²) in [4.78, 5) is 31.2. The minimum Gasteiger partial charge on any atom is -0.465 e. The number of esters is 1. The SMILES string of the molecule is CCc1ccc(Nc2ncnc(Nc3ccccc3C(=O)OC)c2[N+](=O)[O-])cc1. The lowest BCUT2D eigenvalue weighted by Crippen LogP contribution is -2.09. The van der Waals surface area contributed by atoms with Crippen LogP contribution in [0.3, 0.4) is 0 Å². The lowest BCUT2D eigenvalue weighted by molar-refractivity contribution is -0.383. The fourth-order valence-corrected chi connectivity index (χ4v) is 2.70. The second-order valence-corrected chi connectivity index (χ2v) is 6.01. The average Bonchev–Trinajstić information content (AvgIpc) is 2.74. The zero-order chi connectivity index (χ0) is 20.8. The van der Waals surface area contributed by atoms with Gasteiger partial charge in [0.25, 0.3) is 0 Å². The third kappa shape index (κ3) is 4.46. The number of aryl methyl sites for hydroxylation is 1. The maximum Gasteiger partial charge on any atom is 0.353 e. The van der Waals surface area contributed by atoms with Gasteiger partial charge in [0.1, 0.15) is 6.33 Å². The van der Waals surface area contributed by atoms with E-state index in [9.17, 15) is 14.9 Å². The van der Waals surface area contributed by atoms with Crippen LogP contribution in [0.2, 0.25) is 0 Å². The van der Waals surface area contributed by atoms with Gasteiger partial charge < -0.3 is 15.4 Å². The lowest BCUT2D eigenvalue weighted by atomic mass is 10.1. The molecule has 0 bridgehead atoms. The first kappa shape index (κ1) is 19.7. The molecule has 0 saturated carbocycles. The van der Waals surface area contributed by atoms with E-state index in [0.29, 0.717) is 11.4 Å². The van der Waals surface area contributed by atoms with Crippen LogP contribution in [0.15, 0.2) is 54.9 Å². The van der Waals surface area contributed by atoms with E-state index >= 15 is 0 Å². The molecule has 9 nitrogen and oxygen atoms in total. The van der Waals surface area contributed by atoms with E-state index in [1.807, 2.05) is 31.2 Å². The molecule has 3 aromatic rings. The summed E-state index contributed by atoms with van der Waals surface area (Å²) < 4.78 is 4.76. The molecular weight excluding hydrogens is 374 g/mol. The average molecular weight is 393 g/mol. The molecule has 29 heavy (non-hydrogen) atoms. The van der Waals surface area contributed by atoms with Gasteiger partial charge in [-0.1, -0.05) is 31.2 Å². The Labute approximate surface area is 166 Å². The largest absolute Gasteiger partial charge is 0.465 e. The molecule has 9 heteroatoms. The maximum atomic E-state index is 12.0. The molecule has 1 heterocycles. The van der Waals surface area contributed by atoms with Crippen LogP contribution in [-0.4, -0.2) is 28.0 Å². The van der Waals surface area contributed by atoms with E-state index in [4.69, 9.17) is 4.74 Å². The molecule has 2 N–H and O–H groups in total. The van der Waals surface area contributed by atoms with Gasteiger partial charge in [0.05, 0.1) is 23.3 Å². The summed E-state index contributed by atoms with van der Waals surface area (Å²) >= 11 is 0. The predicted molar refractivity (Wildman–Crippen MR) is 109 cm³/mol. The molecule has 0 amide bonds. The molecule has 148 valence electrons. The van der Waals surface area contributed by atoms with E-state index in [-0.39, 0.29) is 22.9 Å². The number of carbonyl (C=O) groups is 1. The van der Waals surface area contributed by atoms with Crippen molar-refractivity contribution < 1.29 is 14.5 Å². The van der Waals surface area contributed by atoms with E-state index in [1.165, 1.54) is 13.4 Å². The van der Waals surface area contributed by atoms with E-state index < -0.39 is 10.9 Å². The molecule has 0 unspecified atom stereocenters. The van der Waals surface area contributed by atoms with Gasteiger partial charge in [0, 0.05) is 5.69 Å². The summed E-state index contributed by atoms with van der Waals surface area (Å²) in [5, 5.41) is 17.6. The van der Waals surface area contributed by atoms with Crippen LogP contribution in [0.5, 0.6) is 0 Å². The Balaban J connectivity index is 1.97. The zero-order valence-electron chi connectivity index (χ0n) is 15.9. The van der Waals surface area contributed by atoms with Crippen LogP contribution < -0.4 is 10.6 Å². The summed E-state index contributed by atoms with van der Waals surface area (Å²) in [7, 11) is 1.26. The minimum atomic E-state index is -0.578. The first-order valence-corrected chi connectivity index (χ1v) is 8.83. The molecule has 0 spiro atoms. The van der Waals surface area contributed by atoms with Gasteiger partial charge in [0.2, 0.25) is 11.6 Å². The Kier molecular flexibility index (Phi) is 5.98. The van der Waals surface area contributed by atoms with Gasteiger partial charge in [0.15, 0.2) is 0 Å². The lowest BCUT2D eigenvalue weighted by Gasteiger charge is -2.12. The van der Waals surface area contributed by atoms with Crippen LogP contribution in [-0.2, 0) is 11.2 Å². The van der Waals surface area contributed by atoms with Gasteiger partial charge in [-0.2, -0.15) is 0 Å². The van der Waals surface area contributed by atoms with Gasteiger partial charge in [-0.25, -0.2) is 14.8 Å². The monoisotopic (exact) mass is 393 g/mol. The fourth-order valence-electron chi connectivity index (χ4n) is 2.70. The highest BCUT2D eigenvalue weighted by atomic mass is 16.6. The number of para-hydroxylation sites is 1. The van der Waals surface area contributed by atoms with Gasteiger partial charge in [-0.05, 0) is 36.2 Å². The molecule has 1 aromatic heterocycles. The van der Waals surface area contributed by atoms with Crippen molar-refractivity contribution in [2.24, 2.45) is 0 Å². The number of nitrogens with one attached hydrogen (secondary N) is 2. The van der Waals surface area contributed by atoms with Crippen LogP contribution in [0.25, 0.3) is 0 Å². The number of rotatable bonds is 7. The Bertz CT molecular complexity index is 1040. The number of methoxy groups -OCH3 is 1. The van der Waals surface area contributed by atoms with Gasteiger partial charge in [-0.15, -0.1) is 0 Å². The normalized spacial score (nSPS) is 10.3. The smallest absolute Gasteiger partial charge is 0.353 e. The van der Waals surface area contributed by atoms with Crippen molar-refractivity contribution in [2.45, 2.75) is 13.3 Å². The van der Waals surface area contributed by atoms with E-state index in [1.54, 1.807) is 24.3 Å². The summed E-state index contributed by atoms with van der Waals surface area (Å²) in [6.07, 6.45) is 2.10. The van der Waals surface area contributed by atoms with E-state index in [0.717, 1.165) is 12.0 Å². The molecule has 0 aliphatic carbocycles. The molecule has 2 aromatic carbocycles. The maximum absolute atomic E-state index is 12.0. The third-order valence-electron chi connectivity index (χ3n) is 4.22. The molecule has 0 aliphatic rings. The number of nitro groups is 1. The number of ether oxygens (including phenoxy) is 1. The van der Waals surface area contributed by atoms with Crippen molar-refractivity contribution in [3.8, 4) is 0 Å². The first-order chi connectivity index (χ1) is 14.0. The Hall–Kier alpha value is -4.01. The van der Waals surface area contributed by atoms with Gasteiger partial charge >= 0.3 is 11.7 Å². The van der Waals surface area contributed by atoms with E-state index in [2.05, 4.69) is 20.6 Å². The standard InChI is InChI=1S/C20H19N5O4/c1-3-13-8-10-14(11-9-13)23-18-17(25(27)28)19(22-12-21-18)24-16-7-5-4-6-15(16)20(26)29-2/h4-12H,3H2,1-2H3,(H2,21,22,23,24). The van der Waals surface area contributed by atoms with Crippen molar-refractivity contribution >= 4 is 34.7 Å².